The lowest BCUT2D eigenvalue weighted by Gasteiger charge is -2.32. The summed E-state index contributed by atoms with van der Waals surface area (Å²) in [5.74, 6) is 2.69. The first-order chi connectivity index (χ1) is 11.9. The number of carbonyl (C=O) groups excluding carboxylic acids is 1. The van der Waals surface area contributed by atoms with Crippen molar-refractivity contribution in [2.24, 2.45) is 7.05 Å². The van der Waals surface area contributed by atoms with Gasteiger partial charge in [0.15, 0.2) is 5.78 Å². The molecule has 1 aliphatic heterocycles. The summed E-state index contributed by atoms with van der Waals surface area (Å²) >= 11 is 1.55. The third-order valence-corrected chi connectivity index (χ3v) is 5.81. The van der Waals surface area contributed by atoms with E-state index in [9.17, 15) is 4.79 Å². The zero-order valence-corrected chi connectivity index (χ0v) is 16.3. The minimum Gasteiger partial charge on any atom is -0.317 e. The highest BCUT2D eigenvalue weighted by atomic mass is 32.1. The summed E-state index contributed by atoms with van der Waals surface area (Å²) in [6, 6.07) is 2.04. The summed E-state index contributed by atoms with van der Waals surface area (Å²) in [4.78, 5) is 16.9. The highest BCUT2D eigenvalue weighted by Gasteiger charge is 2.26. The normalized spacial score (nSPS) is 18.8. The van der Waals surface area contributed by atoms with Crippen molar-refractivity contribution < 1.29 is 4.79 Å². The van der Waals surface area contributed by atoms with Gasteiger partial charge in [0.2, 0.25) is 0 Å². The Balaban J connectivity index is 1.66. The van der Waals surface area contributed by atoms with E-state index in [0.717, 1.165) is 49.1 Å². The Bertz CT molecular complexity index is 736. The molecule has 3 heterocycles. The lowest BCUT2D eigenvalue weighted by Crippen LogP contribution is -2.34. The van der Waals surface area contributed by atoms with Gasteiger partial charge in [-0.2, -0.15) is 0 Å². The highest BCUT2D eigenvalue weighted by molar-refractivity contribution is 7.12. The summed E-state index contributed by atoms with van der Waals surface area (Å²) in [5, 5.41) is 11.0. The predicted octanol–water partition coefficient (Wildman–Crippen LogP) is 2.52. The van der Waals surface area contributed by atoms with Crippen LogP contribution in [0, 0.1) is 0 Å². The van der Waals surface area contributed by atoms with E-state index in [2.05, 4.69) is 37.0 Å². The average Bonchev–Trinajstić information content (AvgIpc) is 3.15. The molecule has 0 bridgehead atoms. The van der Waals surface area contributed by atoms with Gasteiger partial charge in [-0.25, -0.2) is 0 Å². The maximum Gasteiger partial charge on any atom is 0.169 e. The van der Waals surface area contributed by atoms with Crippen LogP contribution in [0.15, 0.2) is 11.4 Å². The van der Waals surface area contributed by atoms with Gasteiger partial charge in [0, 0.05) is 26.1 Å². The van der Waals surface area contributed by atoms with E-state index in [-0.39, 0.29) is 5.78 Å². The van der Waals surface area contributed by atoms with Crippen molar-refractivity contribution in [1.82, 2.24) is 24.6 Å². The molecule has 6 nitrogen and oxygen atoms in total. The smallest absolute Gasteiger partial charge is 0.169 e. The number of carbonyl (C=O) groups is 1. The van der Waals surface area contributed by atoms with E-state index in [1.165, 1.54) is 12.0 Å². The van der Waals surface area contributed by atoms with Gasteiger partial charge in [0.1, 0.15) is 11.6 Å². The van der Waals surface area contributed by atoms with Crippen molar-refractivity contribution >= 4 is 17.1 Å². The lowest BCUT2D eigenvalue weighted by molar-refractivity contribution is 0.102. The first-order valence-electron chi connectivity index (χ1n) is 8.77. The second-order valence-electron chi connectivity index (χ2n) is 7.22. The van der Waals surface area contributed by atoms with E-state index in [4.69, 9.17) is 0 Å². The molecule has 136 valence electrons. The van der Waals surface area contributed by atoms with Crippen LogP contribution in [0.5, 0.6) is 0 Å². The van der Waals surface area contributed by atoms with E-state index in [1.807, 2.05) is 20.2 Å². The molecule has 1 aliphatic rings. The number of nitrogens with zero attached hydrogens (tertiary/aromatic N) is 5. The molecule has 3 rings (SSSR count). The number of hydrogen-bond acceptors (Lipinski definition) is 6. The molecule has 1 saturated heterocycles. The molecule has 1 fully saturated rings. The highest BCUT2D eigenvalue weighted by Crippen LogP contribution is 2.27. The zero-order valence-electron chi connectivity index (χ0n) is 15.5. The molecule has 0 unspecified atom stereocenters. The minimum atomic E-state index is 0.153. The summed E-state index contributed by atoms with van der Waals surface area (Å²) in [6.07, 6.45) is 2.33. The van der Waals surface area contributed by atoms with Gasteiger partial charge in [-0.3, -0.25) is 9.69 Å². The summed E-state index contributed by atoms with van der Waals surface area (Å²) in [5.41, 5.74) is 1.24. The van der Waals surface area contributed by atoms with Crippen LogP contribution in [-0.4, -0.2) is 57.5 Å². The molecule has 1 atom stereocenters. The predicted molar refractivity (Wildman–Crippen MR) is 100.0 cm³/mol. The van der Waals surface area contributed by atoms with Crippen LogP contribution >= 0.6 is 11.3 Å². The standard InChI is InChI=1S/C18H27N5OS/c1-13(24)16-8-14(12-25-16)9-23-7-5-6-15(10-23)18-20-19-17(22(18)4)11-21(2)3/h8,12,15H,5-7,9-11H2,1-4H3/t15-/m0/s1. The number of rotatable bonds is 6. The van der Waals surface area contributed by atoms with Crippen LogP contribution < -0.4 is 0 Å². The van der Waals surface area contributed by atoms with Crippen molar-refractivity contribution in [3.63, 3.8) is 0 Å². The van der Waals surface area contributed by atoms with Crippen LogP contribution in [0.3, 0.4) is 0 Å². The van der Waals surface area contributed by atoms with Gasteiger partial charge >= 0.3 is 0 Å². The molecule has 0 spiro atoms. The van der Waals surface area contributed by atoms with Crippen molar-refractivity contribution in [2.75, 3.05) is 27.2 Å². The maximum absolute atomic E-state index is 11.5. The number of aromatic nitrogens is 3. The Morgan fingerprint density at radius 3 is 2.88 bits per heavy atom. The van der Waals surface area contributed by atoms with Crippen molar-refractivity contribution in [3.8, 4) is 0 Å². The van der Waals surface area contributed by atoms with Gasteiger partial charge in [-0.05, 0) is 57.4 Å². The number of thiophene rings is 1. The van der Waals surface area contributed by atoms with Crippen LogP contribution in [0.1, 0.15) is 52.6 Å². The quantitative estimate of drug-likeness (QED) is 0.740. The number of piperidine rings is 1. The van der Waals surface area contributed by atoms with E-state index < -0.39 is 0 Å². The maximum atomic E-state index is 11.5. The Labute approximate surface area is 153 Å². The van der Waals surface area contributed by atoms with Crippen molar-refractivity contribution in [3.05, 3.63) is 33.5 Å². The van der Waals surface area contributed by atoms with E-state index >= 15 is 0 Å². The number of hydrogen-bond donors (Lipinski definition) is 0. The fourth-order valence-electron chi connectivity index (χ4n) is 3.46. The Hall–Kier alpha value is -1.57. The summed E-state index contributed by atoms with van der Waals surface area (Å²) < 4.78 is 2.16. The SMILES string of the molecule is CC(=O)c1cc(CN2CCC[C@H](c3nnc(CN(C)C)n3C)C2)cs1. The summed E-state index contributed by atoms with van der Waals surface area (Å²) in [6.45, 7) is 5.45. The van der Waals surface area contributed by atoms with Crippen LogP contribution in [0.4, 0.5) is 0 Å². The fraction of sp³-hybridized carbons (Fsp3) is 0.611. The van der Waals surface area contributed by atoms with Crippen molar-refractivity contribution in [2.45, 2.75) is 38.8 Å². The molecule has 25 heavy (non-hydrogen) atoms. The lowest BCUT2D eigenvalue weighted by atomic mass is 9.97. The number of ketones is 1. The Morgan fingerprint density at radius 2 is 2.20 bits per heavy atom. The third kappa shape index (κ3) is 4.34. The first-order valence-corrected chi connectivity index (χ1v) is 9.65. The molecular weight excluding hydrogens is 334 g/mol. The molecule has 0 aliphatic carbocycles. The van der Waals surface area contributed by atoms with Crippen molar-refractivity contribution in [1.29, 1.82) is 0 Å². The number of likely N-dealkylation sites (tertiary alicyclic amines) is 1. The van der Waals surface area contributed by atoms with E-state index in [1.54, 1.807) is 18.3 Å². The van der Waals surface area contributed by atoms with Gasteiger partial charge in [0.25, 0.3) is 0 Å². The fourth-order valence-corrected chi connectivity index (χ4v) is 4.27. The zero-order chi connectivity index (χ0) is 18.0. The topological polar surface area (TPSA) is 54.3 Å². The number of Topliss-reactive ketones (excluding diaryl/α,β-unsaturated/α-hetero) is 1. The Morgan fingerprint density at radius 1 is 1.40 bits per heavy atom. The van der Waals surface area contributed by atoms with Gasteiger partial charge < -0.3 is 9.47 Å². The molecule has 7 heteroatoms. The molecule has 0 amide bonds. The molecule has 0 N–H and O–H groups in total. The van der Waals surface area contributed by atoms with Crippen LogP contribution in [-0.2, 0) is 20.1 Å². The van der Waals surface area contributed by atoms with E-state index in [0.29, 0.717) is 5.92 Å². The molecule has 2 aromatic rings. The molecule has 0 saturated carbocycles. The van der Waals surface area contributed by atoms with Crippen LogP contribution in [0.2, 0.25) is 0 Å². The molecule has 2 aromatic heterocycles. The summed E-state index contributed by atoms with van der Waals surface area (Å²) in [7, 11) is 6.17. The van der Waals surface area contributed by atoms with Crippen LogP contribution in [0.25, 0.3) is 0 Å². The molecule has 0 aromatic carbocycles. The van der Waals surface area contributed by atoms with Gasteiger partial charge in [-0.15, -0.1) is 21.5 Å². The minimum absolute atomic E-state index is 0.153. The van der Waals surface area contributed by atoms with Gasteiger partial charge in [0.05, 0.1) is 11.4 Å². The largest absolute Gasteiger partial charge is 0.317 e. The third-order valence-electron chi connectivity index (χ3n) is 4.73. The second-order valence-corrected chi connectivity index (χ2v) is 8.13. The monoisotopic (exact) mass is 361 g/mol. The molecule has 0 radical (unpaired) electrons. The first kappa shape index (κ1) is 18.2. The second kappa shape index (κ2) is 7.76. The average molecular weight is 362 g/mol. The Kier molecular flexibility index (Phi) is 5.66. The molecular formula is C18H27N5OS. The van der Waals surface area contributed by atoms with Gasteiger partial charge in [-0.1, -0.05) is 0 Å².